The molecule has 1 N–H and O–H groups in total. The molecule has 2 aliphatic heterocycles. The van der Waals surface area contributed by atoms with Crippen LogP contribution in [0, 0.1) is 41.9 Å². The van der Waals surface area contributed by atoms with E-state index in [0.717, 1.165) is 46.2 Å². The van der Waals surface area contributed by atoms with Gasteiger partial charge >= 0.3 is 0 Å². The van der Waals surface area contributed by atoms with Gasteiger partial charge in [0.1, 0.15) is 24.0 Å². The van der Waals surface area contributed by atoms with Crippen molar-refractivity contribution in [3.63, 3.8) is 0 Å². The number of benzene rings is 3. The molecular formula is C42H41NO7. The topological polar surface area (TPSA) is 104 Å². The van der Waals surface area contributed by atoms with Crippen LogP contribution in [0.4, 0.5) is 5.69 Å². The van der Waals surface area contributed by atoms with Crippen LogP contribution in [0.15, 0.2) is 95.2 Å². The second kappa shape index (κ2) is 13.1. The Morgan fingerprint density at radius 3 is 2.46 bits per heavy atom. The van der Waals surface area contributed by atoms with E-state index in [1.54, 1.807) is 24.3 Å². The number of Topliss-reactive ketones (excluding diaryl/α,β-unsaturated/α-hetero) is 1. The van der Waals surface area contributed by atoms with E-state index < -0.39 is 29.8 Å². The fraction of sp³-hybridized carbons (Fsp3) is 0.357. The SMILES string of the molecule is C=C1C(c2ccc(N=O)c(C)c2)OC(c2ccc(OC)c(O)c2)C12C=C1C(C3=CC(OC)C(=O)C#C3)OC(c3ccc(C)c(CC)c3)C1CC2. The summed E-state index contributed by atoms with van der Waals surface area (Å²) in [5, 5.41) is 14.1. The number of ketones is 1. The van der Waals surface area contributed by atoms with Gasteiger partial charge in [-0.25, -0.2) is 0 Å². The third-order valence-corrected chi connectivity index (χ3v) is 11.0. The number of nitroso groups, excluding NO2 is 1. The molecule has 0 bridgehead atoms. The van der Waals surface area contributed by atoms with Crippen LogP contribution in [0.2, 0.25) is 0 Å². The third kappa shape index (κ3) is 5.50. The molecule has 256 valence electrons. The Morgan fingerprint density at radius 1 is 0.980 bits per heavy atom. The Labute approximate surface area is 292 Å². The van der Waals surface area contributed by atoms with Gasteiger partial charge in [-0.15, -0.1) is 4.91 Å². The molecule has 50 heavy (non-hydrogen) atoms. The van der Waals surface area contributed by atoms with Crippen LogP contribution < -0.4 is 4.74 Å². The second-order valence-electron chi connectivity index (χ2n) is 13.7. The summed E-state index contributed by atoms with van der Waals surface area (Å²) in [5.74, 6) is 5.99. The van der Waals surface area contributed by atoms with Crippen LogP contribution in [0.1, 0.15) is 71.5 Å². The summed E-state index contributed by atoms with van der Waals surface area (Å²) in [6, 6.07) is 17.4. The van der Waals surface area contributed by atoms with Crippen molar-refractivity contribution in [2.75, 3.05) is 14.2 Å². The normalized spacial score (nSPS) is 28.5. The summed E-state index contributed by atoms with van der Waals surface area (Å²) < 4.78 is 24.8. The van der Waals surface area contributed by atoms with Crippen molar-refractivity contribution in [3.05, 3.63) is 128 Å². The molecule has 1 spiro atoms. The summed E-state index contributed by atoms with van der Waals surface area (Å²) in [5.41, 5.74) is 8.35. The van der Waals surface area contributed by atoms with E-state index in [-0.39, 0.29) is 23.6 Å². The number of carbonyl (C=O) groups excluding carboxylic acids is 1. The maximum absolute atomic E-state index is 12.5. The molecule has 2 aliphatic carbocycles. The van der Waals surface area contributed by atoms with Gasteiger partial charge in [-0.05, 0) is 113 Å². The summed E-state index contributed by atoms with van der Waals surface area (Å²) in [6.07, 6.45) is 3.95. The molecule has 8 heteroatoms. The zero-order valence-corrected chi connectivity index (χ0v) is 29.0. The minimum Gasteiger partial charge on any atom is -0.504 e. The standard InChI is InChI=1S/C42H41NO7/c1-7-26-19-28(9-8-23(26)2)39-31-16-17-42(22-32(31)40(49-39)29-11-14-34(44)37(21-29)48-6)25(4)38(27-10-13-33(43-46)24(3)18-27)50-41(42)30-12-15-36(47-5)35(45)20-30/h8-10,12-13,15,18-22,31,37-41,45H,4,7,16-17H2,1-3,5-6H3. The number of phenols is 1. The Bertz CT molecular complexity index is 2030. The minimum absolute atomic E-state index is 0.0163. The van der Waals surface area contributed by atoms with E-state index in [0.29, 0.717) is 23.4 Å². The van der Waals surface area contributed by atoms with E-state index in [2.05, 4.69) is 55.1 Å². The number of hydrogen-bond acceptors (Lipinski definition) is 8. The maximum Gasteiger partial charge on any atom is 0.238 e. The Hall–Kier alpha value is -4.81. The molecule has 2 saturated heterocycles. The number of nitrogens with zero attached hydrogens (tertiary/aromatic N) is 1. The summed E-state index contributed by atoms with van der Waals surface area (Å²) in [4.78, 5) is 23.9. The predicted octanol–water partition coefficient (Wildman–Crippen LogP) is 8.34. The highest BCUT2D eigenvalue weighted by Gasteiger charge is 2.56. The summed E-state index contributed by atoms with van der Waals surface area (Å²) in [7, 11) is 3.03. The Kier molecular flexibility index (Phi) is 8.85. The van der Waals surface area contributed by atoms with Gasteiger partial charge in [0.25, 0.3) is 0 Å². The van der Waals surface area contributed by atoms with Crippen LogP contribution in [0.3, 0.4) is 0 Å². The van der Waals surface area contributed by atoms with Gasteiger partial charge in [-0.3, -0.25) is 4.79 Å². The van der Waals surface area contributed by atoms with Gasteiger partial charge < -0.3 is 24.1 Å². The van der Waals surface area contributed by atoms with Crippen molar-refractivity contribution in [1.82, 2.24) is 0 Å². The fourth-order valence-electron chi connectivity index (χ4n) is 8.26. The third-order valence-electron chi connectivity index (χ3n) is 11.0. The first-order valence-corrected chi connectivity index (χ1v) is 17.1. The number of phenolic OH excluding ortho intramolecular Hbond substituents is 1. The van der Waals surface area contributed by atoms with Crippen LogP contribution in [-0.4, -0.2) is 37.3 Å². The lowest BCUT2D eigenvalue weighted by Crippen LogP contribution is -2.32. The van der Waals surface area contributed by atoms with Gasteiger partial charge in [-0.2, -0.15) is 0 Å². The average Bonchev–Trinajstić information content (AvgIpc) is 3.63. The van der Waals surface area contributed by atoms with Crippen molar-refractivity contribution in [3.8, 4) is 23.3 Å². The number of rotatable bonds is 8. The van der Waals surface area contributed by atoms with E-state index in [4.69, 9.17) is 25.5 Å². The Morgan fingerprint density at radius 2 is 1.76 bits per heavy atom. The van der Waals surface area contributed by atoms with Crippen molar-refractivity contribution < 1.29 is 28.8 Å². The molecule has 8 nitrogen and oxygen atoms in total. The van der Waals surface area contributed by atoms with Crippen molar-refractivity contribution in [2.24, 2.45) is 16.5 Å². The molecule has 7 rings (SSSR count). The van der Waals surface area contributed by atoms with Crippen LogP contribution in [0.25, 0.3) is 0 Å². The average molecular weight is 672 g/mol. The quantitative estimate of drug-likeness (QED) is 0.111. The summed E-state index contributed by atoms with van der Waals surface area (Å²) in [6.45, 7) is 10.8. The van der Waals surface area contributed by atoms with Crippen molar-refractivity contribution in [1.29, 1.82) is 0 Å². The molecule has 0 aromatic heterocycles. The minimum atomic E-state index is -0.771. The molecule has 4 aliphatic rings. The number of methoxy groups -OCH3 is 2. The van der Waals surface area contributed by atoms with Gasteiger partial charge in [0.05, 0.1) is 19.3 Å². The molecule has 2 fully saturated rings. The number of aromatic hydroxyl groups is 1. The molecule has 2 heterocycles. The monoisotopic (exact) mass is 671 g/mol. The zero-order chi connectivity index (χ0) is 35.3. The van der Waals surface area contributed by atoms with Gasteiger partial charge in [0.15, 0.2) is 11.5 Å². The van der Waals surface area contributed by atoms with Crippen LogP contribution in [-0.2, 0) is 25.4 Å². The Balaban J connectivity index is 1.39. The van der Waals surface area contributed by atoms with Gasteiger partial charge in [-0.1, -0.05) is 61.9 Å². The molecule has 7 unspecified atom stereocenters. The number of fused-ring (bicyclic) bond motifs is 1. The number of ether oxygens (including phenoxy) is 4. The van der Waals surface area contributed by atoms with E-state index >= 15 is 0 Å². The maximum atomic E-state index is 12.5. The largest absolute Gasteiger partial charge is 0.504 e. The first kappa shape index (κ1) is 33.7. The van der Waals surface area contributed by atoms with Gasteiger partial charge in [0.2, 0.25) is 5.78 Å². The molecule has 7 atom stereocenters. The van der Waals surface area contributed by atoms with E-state index in [9.17, 15) is 14.8 Å². The lowest BCUT2D eigenvalue weighted by atomic mass is 9.63. The molecular weight excluding hydrogens is 630 g/mol. The van der Waals surface area contributed by atoms with Crippen LogP contribution in [0.5, 0.6) is 11.5 Å². The first-order valence-electron chi connectivity index (χ1n) is 17.1. The highest BCUT2D eigenvalue weighted by Crippen LogP contribution is 2.65. The number of hydrogen-bond donors (Lipinski definition) is 1. The van der Waals surface area contributed by atoms with E-state index in [1.165, 1.54) is 25.3 Å². The van der Waals surface area contributed by atoms with Crippen molar-refractivity contribution >= 4 is 11.5 Å². The fourth-order valence-corrected chi connectivity index (χ4v) is 8.26. The summed E-state index contributed by atoms with van der Waals surface area (Å²) >= 11 is 0. The first-order chi connectivity index (χ1) is 24.1. The highest BCUT2D eigenvalue weighted by molar-refractivity contribution is 6.02. The molecule has 0 amide bonds. The molecule has 3 aromatic rings. The lowest BCUT2D eigenvalue weighted by molar-refractivity contribution is -0.120. The molecule has 3 aromatic carbocycles. The van der Waals surface area contributed by atoms with E-state index in [1.807, 2.05) is 25.1 Å². The second-order valence-corrected chi connectivity index (χ2v) is 13.7. The van der Waals surface area contributed by atoms with Crippen molar-refractivity contribution in [2.45, 2.75) is 70.6 Å². The van der Waals surface area contributed by atoms with Gasteiger partial charge in [0, 0.05) is 24.0 Å². The highest BCUT2D eigenvalue weighted by atomic mass is 16.5. The lowest BCUT2D eigenvalue weighted by Gasteiger charge is -2.39. The molecule has 0 saturated carbocycles. The molecule has 0 radical (unpaired) electrons. The zero-order valence-electron chi connectivity index (χ0n) is 29.0. The van der Waals surface area contributed by atoms with Crippen LogP contribution >= 0.6 is 0 Å². The number of carbonyl (C=O) groups is 1. The predicted molar refractivity (Wildman–Crippen MR) is 190 cm³/mol. The smallest absolute Gasteiger partial charge is 0.238 e. The number of aryl methyl sites for hydroxylation is 3.